The summed E-state index contributed by atoms with van der Waals surface area (Å²) < 4.78 is 8.11. The zero-order chi connectivity index (χ0) is 22.7. The van der Waals surface area contributed by atoms with Gasteiger partial charge in [-0.25, -0.2) is 9.79 Å². The van der Waals surface area contributed by atoms with Crippen molar-refractivity contribution < 1.29 is 9.53 Å². The third-order valence-corrected chi connectivity index (χ3v) is 6.09. The van der Waals surface area contributed by atoms with Crippen molar-refractivity contribution >= 4 is 34.9 Å². The smallest absolute Gasteiger partial charge is 0.332 e. The summed E-state index contributed by atoms with van der Waals surface area (Å²) in [5.41, 5.74) is 2.88. The van der Waals surface area contributed by atoms with Crippen LogP contribution >= 0.6 is 11.6 Å². The maximum absolute atomic E-state index is 13.4. The molecule has 0 N–H and O–H groups in total. The first kappa shape index (κ1) is 20.2. The highest BCUT2D eigenvalue weighted by molar-refractivity contribution is 6.30. The molecule has 2 heterocycles. The van der Waals surface area contributed by atoms with E-state index < -0.39 is 23.1 Å². The van der Waals surface area contributed by atoms with Gasteiger partial charge in [0, 0.05) is 48.7 Å². The zero-order valence-corrected chi connectivity index (χ0v) is 18.3. The van der Waals surface area contributed by atoms with Gasteiger partial charge >= 0.3 is 11.7 Å². The van der Waals surface area contributed by atoms with Gasteiger partial charge in [-0.1, -0.05) is 48.0 Å². The first-order valence-corrected chi connectivity index (χ1v) is 10.3. The van der Waals surface area contributed by atoms with Crippen LogP contribution in [0.2, 0.25) is 5.02 Å². The summed E-state index contributed by atoms with van der Waals surface area (Å²) in [4.78, 5) is 42.8. The number of carbonyl (C=O) groups excluding carboxylic acids is 1. The van der Waals surface area contributed by atoms with Gasteiger partial charge in [0.2, 0.25) is 0 Å². The summed E-state index contributed by atoms with van der Waals surface area (Å²) in [7, 11) is 3.03. The quantitative estimate of drug-likeness (QED) is 0.564. The molecule has 1 atom stereocenters. The van der Waals surface area contributed by atoms with Crippen LogP contribution in [0.15, 0.2) is 68.7 Å². The number of halogens is 1. The monoisotopic (exact) mass is 447 g/mol. The molecule has 160 valence electrons. The Labute approximate surface area is 187 Å². The molecule has 0 saturated carbocycles. The number of rotatable bonds is 2. The number of hydrogen-bond acceptors (Lipinski definition) is 5. The highest BCUT2D eigenvalue weighted by atomic mass is 35.5. The highest BCUT2D eigenvalue weighted by Gasteiger charge is 2.42. The van der Waals surface area contributed by atoms with Gasteiger partial charge in [-0.05, 0) is 17.7 Å². The molecule has 32 heavy (non-hydrogen) atoms. The van der Waals surface area contributed by atoms with E-state index >= 15 is 0 Å². The summed E-state index contributed by atoms with van der Waals surface area (Å²) in [6.45, 7) is 1.34. The lowest BCUT2D eigenvalue weighted by Gasteiger charge is -2.27. The molecule has 5 rings (SSSR count). The van der Waals surface area contributed by atoms with Gasteiger partial charge in [0.15, 0.2) is 0 Å². The highest BCUT2D eigenvalue weighted by Crippen LogP contribution is 2.48. The molecule has 0 saturated heterocycles. The van der Waals surface area contributed by atoms with Crippen LogP contribution in [0.1, 0.15) is 35.1 Å². The predicted molar refractivity (Wildman–Crippen MR) is 122 cm³/mol. The second-order valence-corrected chi connectivity index (χ2v) is 8.21. The lowest BCUT2D eigenvalue weighted by Crippen LogP contribution is -2.41. The van der Waals surface area contributed by atoms with Crippen LogP contribution in [0, 0.1) is 0 Å². The Morgan fingerprint density at radius 2 is 1.66 bits per heavy atom. The van der Waals surface area contributed by atoms with Crippen LogP contribution < -0.4 is 11.2 Å². The van der Waals surface area contributed by atoms with Crippen LogP contribution in [0.3, 0.4) is 0 Å². The topological polar surface area (TPSA) is 82.7 Å². The van der Waals surface area contributed by atoms with Crippen molar-refractivity contribution in [2.24, 2.45) is 19.1 Å². The molecular formula is C24H18ClN3O4. The zero-order valence-electron chi connectivity index (χ0n) is 17.5. The lowest BCUT2D eigenvalue weighted by molar-refractivity contribution is -0.134. The Hall–Kier alpha value is -3.71. The fraction of sp³-hybridized carbons (Fsp3) is 0.167. The van der Waals surface area contributed by atoms with Gasteiger partial charge in [-0.3, -0.25) is 18.7 Å². The third-order valence-electron chi connectivity index (χ3n) is 5.84. The average Bonchev–Trinajstić information content (AvgIpc) is 3.08. The molecule has 1 aliphatic carbocycles. The van der Waals surface area contributed by atoms with Crippen LogP contribution in [0.5, 0.6) is 0 Å². The summed E-state index contributed by atoms with van der Waals surface area (Å²) in [5, 5.41) is 0.552. The second-order valence-electron chi connectivity index (χ2n) is 7.77. The minimum Gasteiger partial charge on any atom is -0.426 e. The number of carbonyl (C=O) groups is 1. The molecular weight excluding hydrogens is 430 g/mol. The molecule has 0 radical (unpaired) electrons. The van der Waals surface area contributed by atoms with E-state index in [0.29, 0.717) is 33.2 Å². The molecule has 2 aliphatic rings. The summed E-state index contributed by atoms with van der Waals surface area (Å²) in [6.07, 6.45) is 0. The maximum Gasteiger partial charge on any atom is 0.332 e. The number of allylic oxidation sites excluding steroid dienone is 1. The SMILES string of the molecule is CC(=O)OC1=C2C(=Nc3c(c(=O)n(C)c(=O)n3C)C2c2ccc(Cl)cc2)c2ccccc21. The molecule has 8 heteroatoms. The molecule has 1 unspecified atom stereocenters. The number of fused-ring (bicyclic) bond motifs is 4. The number of ether oxygens (including phenoxy) is 1. The van der Waals surface area contributed by atoms with Crippen LogP contribution in [-0.4, -0.2) is 20.8 Å². The number of aromatic nitrogens is 2. The van der Waals surface area contributed by atoms with Crippen molar-refractivity contribution in [3.05, 3.63) is 102 Å². The van der Waals surface area contributed by atoms with Gasteiger partial charge < -0.3 is 4.74 Å². The Bertz CT molecular complexity index is 1490. The minimum absolute atomic E-state index is 0.288. The third kappa shape index (κ3) is 2.81. The van der Waals surface area contributed by atoms with E-state index in [0.717, 1.165) is 15.7 Å². The molecule has 0 spiro atoms. The molecule has 3 aromatic rings. The van der Waals surface area contributed by atoms with E-state index in [4.69, 9.17) is 21.3 Å². The van der Waals surface area contributed by atoms with Crippen LogP contribution in [0.25, 0.3) is 5.76 Å². The molecule has 0 bridgehead atoms. The van der Waals surface area contributed by atoms with E-state index in [2.05, 4.69) is 0 Å². The normalized spacial score (nSPS) is 16.2. The average molecular weight is 448 g/mol. The molecule has 2 aromatic carbocycles. The van der Waals surface area contributed by atoms with Crippen molar-refractivity contribution in [2.45, 2.75) is 12.8 Å². The molecule has 0 fully saturated rings. The first-order valence-electron chi connectivity index (χ1n) is 9.96. The predicted octanol–water partition coefficient (Wildman–Crippen LogP) is 3.29. The summed E-state index contributed by atoms with van der Waals surface area (Å²) in [6, 6.07) is 14.6. The maximum atomic E-state index is 13.4. The van der Waals surface area contributed by atoms with Gasteiger partial charge in [0.1, 0.15) is 11.6 Å². The van der Waals surface area contributed by atoms with Crippen molar-refractivity contribution in [1.82, 2.24) is 9.13 Å². The standard InChI is InChI=1S/C24H18ClN3O4/c1-12(29)32-21-16-7-5-4-6-15(16)20-18(21)17(13-8-10-14(25)11-9-13)19-22(26-20)27(2)24(31)28(3)23(19)30/h4-11,17H,1-3H3. The molecule has 1 aromatic heterocycles. The largest absolute Gasteiger partial charge is 0.426 e. The van der Waals surface area contributed by atoms with E-state index in [1.54, 1.807) is 19.2 Å². The first-order chi connectivity index (χ1) is 15.3. The van der Waals surface area contributed by atoms with Crippen molar-refractivity contribution in [2.75, 3.05) is 0 Å². The number of benzene rings is 2. The van der Waals surface area contributed by atoms with E-state index in [1.165, 1.54) is 18.5 Å². The van der Waals surface area contributed by atoms with Crippen LogP contribution in [-0.2, 0) is 23.6 Å². The molecule has 0 amide bonds. The Morgan fingerprint density at radius 3 is 2.31 bits per heavy atom. The van der Waals surface area contributed by atoms with Gasteiger partial charge in [0.25, 0.3) is 5.56 Å². The van der Waals surface area contributed by atoms with Crippen LogP contribution in [0.4, 0.5) is 5.82 Å². The second kappa shape index (κ2) is 7.17. The number of hydrogen-bond donors (Lipinski definition) is 0. The van der Waals surface area contributed by atoms with Crippen molar-refractivity contribution in [1.29, 1.82) is 0 Å². The Balaban J connectivity index is 1.95. The van der Waals surface area contributed by atoms with Gasteiger partial charge in [-0.2, -0.15) is 0 Å². The Kier molecular flexibility index (Phi) is 4.53. The summed E-state index contributed by atoms with van der Waals surface area (Å²) in [5.74, 6) is -0.427. The molecule has 7 nitrogen and oxygen atoms in total. The van der Waals surface area contributed by atoms with Crippen molar-refractivity contribution in [3.8, 4) is 0 Å². The fourth-order valence-corrected chi connectivity index (χ4v) is 4.54. The van der Waals surface area contributed by atoms with Gasteiger partial charge in [0.05, 0.1) is 11.3 Å². The number of nitrogens with zero attached hydrogens (tertiary/aromatic N) is 3. The van der Waals surface area contributed by atoms with E-state index in [1.807, 2.05) is 36.4 Å². The van der Waals surface area contributed by atoms with Gasteiger partial charge in [-0.15, -0.1) is 0 Å². The van der Waals surface area contributed by atoms with E-state index in [-0.39, 0.29) is 5.82 Å². The minimum atomic E-state index is -0.609. The fourth-order valence-electron chi connectivity index (χ4n) is 4.41. The molecule has 1 aliphatic heterocycles. The Morgan fingerprint density at radius 1 is 1.00 bits per heavy atom. The van der Waals surface area contributed by atoms with Crippen molar-refractivity contribution in [3.63, 3.8) is 0 Å². The van der Waals surface area contributed by atoms with E-state index in [9.17, 15) is 14.4 Å². The summed E-state index contributed by atoms with van der Waals surface area (Å²) >= 11 is 6.12. The lowest BCUT2D eigenvalue weighted by atomic mass is 9.81. The number of aliphatic imine (C=N–C) groups is 1. The number of esters is 1.